The number of piperidine rings is 1. The van der Waals surface area contributed by atoms with Gasteiger partial charge in [-0.25, -0.2) is 0 Å². The Balaban J connectivity index is 1.64. The highest BCUT2D eigenvalue weighted by molar-refractivity contribution is 5.77. The molecule has 5 heteroatoms. The first-order valence-electron chi connectivity index (χ1n) is 7.62. The van der Waals surface area contributed by atoms with Gasteiger partial charge in [-0.05, 0) is 38.5 Å². The molecule has 1 aliphatic heterocycles. The molecule has 2 rings (SSSR count). The lowest BCUT2D eigenvalue weighted by molar-refractivity contribution is -0.122. The second kappa shape index (κ2) is 7.22. The summed E-state index contributed by atoms with van der Waals surface area (Å²) in [5.41, 5.74) is 5.94. The highest BCUT2D eigenvalue weighted by atomic mass is 16.1. The van der Waals surface area contributed by atoms with E-state index in [0.717, 1.165) is 38.8 Å². The Hall–Kier alpha value is -0.650. The van der Waals surface area contributed by atoms with Crippen molar-refractivity contribution in [1.29, 1.82) is 0 Å². The van der Waals surface area contributed by atoms with Crippen LogP contribution in [0.2, 0.25) is 0 Å². The number of hydrogen-bond donors (Lipinski definition) is 3. The van der Waals surface area contributed by atoms with Crippen molar-refractivity contribution in [2.45, 2.75) is 56.7 Å². The van der Waals surface area contributed by atoms with Gasteiger partial charge in [-0.1, -0.05) is 0 Å². The number of hydrogen-bond acceptors (Lipinski definition) is 4. The zero-order valence-corrected chi connectivity index (χ0v) is 12.0. The molecule has 110 valence electrons. The molecule has 1 saturated carbocycles. The molecule has 1 aliphatic carbocycles. The molecule has 0 atom stereocenters. The van der Waals surface area contributed by atoms with E-state index >= 15 is 0 Å². The number of carbonyl (C=O) groups excluding carboxylic acids is 1. The van der Waals surface area contributed by atoms with Crippen LogP contribution in [0.3, 0.4) is 0 Å². The lowest BCUT2D eigenvalue weighted by Gasteiger charge is -2.36. The molecule has 2 fully saturated rings. The van der Waals surface area contributed by atoms with Crippen LogP contribution in [0.1, 0.15) is 38.5 Å². The number of likely N-dealkylation sites (N-methyl/N-ethyl adjacent to an activating group) is 1. The summed E-state index contributed by atoms with van der Waals surface area (Å²) in [6.45, 7) is 2.59. The minimum absolute atomic E-state index is 0.118. The van der Waals surface area contributed by atoms with Gasteiger partial charge in [-0.3, -0.25) is 9.69 Å². The Bertz CT molecular complexity index is 281. The molecule has 0 radical (unpaired) electrons. The molecule has 0 aromatic rings. The average molecular weight is 268 g/mol. The lowest BCUT2D eigenvalue weighted by Crippen LogP contribution is -2.49. The number of likely N-dealkylation sites (tertiary alicyclic amines) is 1. The van der Waals surface area contributed by atoms with Gasteiger partial charge in [0.2, 0.25) is 5.91 Å². The van der Waals surface area contributed by atoms with E-state index in [4.69, 9.17) is 5.73 Å². The number of carbonyl (C=O) groups is 1. The topological polar surface area (TPSA) is 70.4 Å². The summed E-state index contributed by atoms with van der Waals surface area (Å²) in [5.74, 6) is 0.118. The van der Waals surface area contributed by atoms with E-state index in [0.29, 0.717) is 24.7 Å². The maximum atomic E-state index is 11.3. The fraction of sp³-hybridized carbons (Fsp3) is 0.929. The number of rotatable bonds is 4. The van der Waals surface area contributed by atoms with E-state index in [1.54, 1.807) is 7.05 Å². The summed E-state index contributed by atoms with van der Waals surface area (Å²) in [5, 5.41) is 6.47. The van der Waals surface area contributed by atoms with Crippen LogP contribution in [0, 0.1) is 0 Å². The van der Waals surface area contributed by atoms with Crippen molar-refractivity contribution in [3.05, 3.63) is 0 Å². The normalized spacial score (nSPS) is 30.2. The second-order valence-electron chi connectivity index (χ2n) is 6.00. The van der Waals surface area contributed by atoms with Crippen LogP contribution in [0.4, 0.5) is 0 Å². The summed E-state index contributed by atoms with van der Waals surface area (Å²) in [6, 6.07) is 1.71. The van der Waals surface area contributed by atoms with Crippen molar-refractivity contribution in [1.82, 2.24) is 15.5 Å². The highest BCUT2D eigenvalue weighted by Crippen LogP contribution is 2.19. The summed E-state index contributed by atoms with van der Waals surface area (Å²) in [7, 11) is 1.70. The summed E-state index contributed by atoms with van der Waals surface area (Å²) < 4.78 is 0. The maximum Gasteiger partial charge on any atom is 0.233 e. The highest BCUT2D eigenvalue weighted by Gasteiger charge is 2.24. The molecule has 0 unspecified atom stereocenters. The van der Waals surface area contributed by atoms with Crippen molar-refractivity contribution in [2.24, 2.45) is 5.73 Å². The molecular weight excluding hydrogens is 240 g/mol. The van der Waals surface area contributed by atoms with Gasteiger partial charge < -0.3 is 16.4 Å². The first-order chi connectivity index (χ1) is 9.17. The minimum atomic E-state index is 0.118. The van der Waals surface area contributed by atoms with Crippen LogP contribution in [0.25, 0.3) is 0 Å². The fourth-order valence-corrected chi connectivity index (χ4v) is 3.16. The SMILES string of the molecule is CNC(=O)CN1CCC(NC2CCC(N)CC2)CC1. The van der Waals surface area contributed by atoms with E-state index in [-0.39, 0.29) is 5.91 Å². The Morgan fingerprint density at radius 3 is 2.26 bits per heavy atom. The third-order valence-electron chi connectivity index (χ3n) is 4.48. The third kappa shape index (κ3) is 4.75. The van der Waals surface area contributed by atoms with E-state index in [2.05, 4.69) is 15.5 Å². The Kier molecular flexibility index (Phi) is 5.60. The summed E-state index contributed by atoms with van der Waals surface area (Å²) in [6.07, 6.45) is 7.07. The number of nitrogens with zero attached hydrogens (tertiary/aromatic N) is 1. The zero-order chi connectivity index (χ0) is 13.7. The predicted molar refractivity (Wildman–Crippen MR) is 76.9 cm³/mol. The quantitative estimate of drug-likeness (QED) is 0.674. The van der Waals surface area contributed by atoms with Crippen LogP contribution < -0.4 is 16.4 Å². The smallest absolute Gasteiger partial charge is 0.233 e. The first-order valence-corrected chi connectivity index (χ1v) is 7.62. The lowest BCUT2D eigenvalue weighted by atomic mass is 9.90. The summed E-state index contributed by atoms with van der Waals surface area (Å²) in [4.78, 5) is 13.6. The van der Waals surface area contributed by atoms with E-state index < -0.39 is 0 Å². The molecule has 0 spiro atoms. The monoisotopic (exact) mass is 268 g/mol. The van der Waals surface area contributed by atoms with Crippen LogP contribution in [-0.2, 0) is 4.79 Å². The average Bonchev–Trinajstić information content (AvgIpc) is 2.43. The van der Waals surface area contributed by atoms with Crippen molar-refractivity contribution in [3.63, 3.8) is 0 Å². The van der Waals surface area contributed by atoms with Gasteiger partial charge in [0.15, 0.2) is 0 Å². The number of nitrogens with one attached hydrogen (secondary N) is 2. The first kappa shape index (κ1) is 14.8. The minimum Gasteiger partial charge on any atom is -0.358 e. The molecule has 1 amide bonds. The number of amides is 1. The Labute approximate surface area is 116 Å². The van der Waals surface area contributed by atoms with E-state index in [1.807, 2.05) is 0 Å². The Morgan fingerprint density at radius 1 is 1.11 bits per heavy atom. The molecule has 0 aromatic heterocycles. The molecule has 0 aromatic carbocycles. The molecular formula is C14H28N4O. The van der Waals surface area contributed by atoms with Crippen LogP contribution in [-0.4, -0.2) is 55.6 Å². The van der Waals surface area contributed by atoms with Gasteiger partial charge in [-0.2, -0.15) is 0 Å². The Morgan fingerprint density at radius 2 is 1.68 bits per heavy atom. The van der Waals surface area contributed by atoms with Crippen molar-refractivity contribution in [2.75, 3.05) is 26.7 Å². The van der Waals surface area contributed by atoms with Crippen molar-refractivity contribution >= 4 is 5.91 Å². The molecule has 5 nitrogen and oxygen atoms in total. The van der Waals surface area contributed by atoms with Gasteiger partial charge >= 0.3 is 0 Å². The van der Waals surface area contributed by atoms with Gasteiger partial charge in [0, 0.05) is 38.3 Å². The summed E-state index contributed by atoms with van der Waals surface area (Å²) >= 11 is 0. The van der Waals surface area contributed by atoms with Crippen molar-refractivity contribution < 1.29 is 4.79 Å². The molecule has 0 bridgehead atoms. The molecule has 1 saturated heterocycles. The second-order valence-corrected chi connectivity index (χ2v) is 6.00. The van der Waals surface area contributed by atoms with Gasteiger partial charge in [0.25, 0.3) is 0 Å². The number of nitrogens with two attached hydrogens (primary N) is 1. The predicted octanol–water partition coefficient (Wildman–Crippen LogP) is 0.0563. The van der Waals surface area contributed by atoms with Crippen LogP contribution in [0.15, 0.2) is 0 Å². The van der Waals surface area contributed by atoms with Crippen LogP contribution in [0.5, 0.6) is 0 Å². The molecule has 4 N–H and O–H groups in total. The third-order valence-corrected chi connectivity index (χ3v) is 4.48. The molecule has 2 aliphatic rings. The molecule has 1 heterocycles. The molecule has 19 heavy (non-hydrogen) atoms. The largest absolute Gasteiger partial charge is 0.358 e. The van der Waals surface area contributed by atoms with Crippen molar-refractivity contribution in [3.8, 4) is 0 Å². The maximum absolute atomic E-state index is 11.3. The van der Waals surface area contributed by atoms with Crippen LogP contribution >= 0.6 is 0 Å². The van der Waals surface area contributed by atoms with Gasteiger partial charge in [0.05, 0.1) is 6.54 Å². The van der Waals surface area contributed by atoms with Gasteiger partial charge in [0.1, 0.15) is 0 Å². The van der Waals surface area contributed by atoms with E-state index in [9.17, 15) is 4.79 Å². The van der Waals surface area contributed by atoms with E-state index in [1.165, 1.54) is 12.8 Å². The standard InChI is InChI=1S/C14H28N4O/c1-16-14(19)10-18-8-6-13(7-9-18)17-12-4-2-11(15)3-5-12/h11-13,17H,2-10,15H2,1H3,(H,16,19). The van der Waals surface area contributed by atoms with Gasteiger partial charge in [-0.15, -0.1) is 0 Å². The fourth-order valence-electron chi connectivity index (χ4n) is 3.16. The zero-order valence-electron chi connectivity index (χ0n) is 12.0.